The van der Waals surface area contributed by atoms with Crippen LogP contribution >= 0.6 is 0 Å². The molecule has 0 bridgehead atoms. The van der Waals surface area contributed by atoms with Crippen LogP contribution in [0.25, 0.3) is 0 Å². The minimum atomic E-state index is -3.48. The predicted octanol–water partition coefficient (Wildman–Crippen LogP) is 12.1. The summed E-state index contributed by atoms with van der Waals surface area (Å²) in [6.07, 6.45) is 23.4. The van der Waals surface area contributed by atoms with Crippen LogP contribution in [0.4, 0.5) is 47.1 Å². The maximum absolute atomic E-state index is 12.9. The molecule has 41 heteroatoms. The number of likely N-dealkylation sites (N-methyl/N-ethyl adjacent to an activating group) is 1. The van der Waals surface area contributed by atoms with Gasteiger partial charge in [0, 0.05) is 116 Å². The van der Waals surface area contributed by atoms with Gasteiger partial charge in [-0.25, -0.2) is 53.6 Å². The van der Waals surface area contributed by atoms with Gasteiger partial charge in [-0.15, -0.1) is 0 Å². The molecule has 0 spiro atoms. The van der Waals surface area contributed by atoms with E-state index in [4.69, 9.17) is 0 Å². The zero-order valence-corrected chi connectivity index (χ0v) is 86.9. The van der Waals surface area contributed by atoms with Crippen LogP contribution in [0.2, 0.25) is 0 Å². The summed E-state index contributed by atoms with van der Waals surface area (Å²) in [5.41, 5.74) is 4.77. The normalized spacial score (nSPS) is 22.6. The van der Waals surface area contributed by atoms with Crippen LogP contribution in [0.3, 0.4) is 0 Å². The van der Waals surface area contributed by atoms with E-state index in [1.807, 2.05) is 55.6 Å². The lowest BCUT2D eigenvalue weighted by molar-refractivity contribution is 0.00924. The van der Waals surface area contributed by atoms with E-state index in [0.717, 1.165) is 132 Å². The number of piperidine rings is 2. The molecule has 8 aromatic rings. The van der Waals surface area contributed by atoms with Crippen molar-refractivity contribution < 1.29 is 54.1 Å². The van der Waals surface area contributed by atoms with Crippen LogP contribution in [0, 0.1) is 67.0 Å². The summed E-state index contributed by atoms with van der Waals surface area (Å²) in [6.45, 7) is 24.7. The van der Waals surface area contributed by atoms with E-state index < -0.39 is 40.1 Å². The Balaban J connectivity index is 0.000000160. The highest BCUT2D eigenvalue weighted by Gasteiger charge is 2.42. The SMILES string of the molecule is CC1(C)C[C@H](Nc2nc(NCCc3ccc(S(=O)(=O)N4CCC4)cc3)ncc2C#N)CC[C@@H]1O.CC1(C)C[C@H](Nc2nc(NCCc3ccc(S(=O)(=O)N4CCCCC4)cc3)ncc2C#N)CC[C@@H]1O.CC1(C)C[C@H](Nc2nc(NCCc3ccc(S(=O)(=O)N4CCCCC4)cc3)ncc2C#N)CC[C@@H]1O.CN1CCN(S(=O)(=O)c2ccc(CCNc3ncc(C#N)c(N[C@@H]4CC[C@H](O)C(C)(C)C4)n3)cc2)CC1. The molecule has 4 aliphatic carbocycles. The third kappa shape index (κ3) is 29.2. The minimum absolute atomic E-state index is 0.119. The van der Waals surface area contributed by atoms with Crippen molar-refractivity contribution in [2.45, 2.75) is 271 Å². The number of aliphatic hydroxyl groups excluding tert-OH is 4. The van der Waals surface area contributed by atoms with Gasteiger partial charge in [0.25, 0.3) is 0 Å². The van der Waals surface area contributed by atoms with Crippen molar-refractivity contribution in [2.75, 3.05) is 141 Å². The minimum Gasteiger partial charge on any atom is -0.393 e. The topological polar surface area (TPSA) is 528 Å². The Morgan fingerprint density at radius 1 is 0.308 bits per heavy atom. The maximum Gasteiger partial charge on any atom is 0.243 e. The summed E-state index contributed by atoms with van der Waals surface area (Å²) in [6, 6.07) is 37.2. The Kier molecular flexibility index (Phi) is 37.3. The van der Waals surface area contributed by atoms with Crippen molar-refractivity contribution in [1.29, 1.82) is 21.0 Å². The van der Waals surface area contributed by atoms with E-state index in [1.165, 1.54) is 29.1 Å². The summed E-state index contributed by atoms with van der Waals surface area (Å²) in [4.78, 5) is 38.6. The Labute approximate surface area is 843 Å². The van der Waals surface area contributed by atoms with Crippen molar-refractivity contribution in [1.82, 2.24) is 62.0 Å². The third-order valence-electron chi connectivity index (χ3n) is 28.8. The van der Waals surface area contributed by atoms with Crippen molar-refractivity contribution >= 4 is 87.2 Å². The van der Waals surface area contributed by atoms with Gasteiger partial charge in [0.2, 0.25) is 63.9 Å². The molecule has 0 unspecified atom stereocenters. The average Bonchev–Trinajstić information content (AvgIpc) is 0.793. The van der Waals surface area contributed by atoms with E-state index in [1.54, 1.807) is 61.4 Å². The van der Waals surface area contributed by atoms with Crippen molar-refractivity contribution in [2.24, 2.45) is 21.7 Å². The number of hydrogen-bond donors (Lipinski definition) is 12. The summed E-state index contributed by atoms with van der Waals surface area (Å²) in [5.74, 6) is 3.69. The first-order valence-electron chi connectivity index (χ1n) is 50.0. The summed E-state index contributed by atoms with van der Waals surface area (Å²) in [5, 5.41) is 105. The fourth-order valence-corrected chi connectivity index (χ4v) is 25.3. The van der Waals surface area contributed by atoms with Gasteiger partial charge < -0.3 is 67.9 Å². The molecule has 8 aliphatic rings. The zero-order valence-electron chi connectivity index (χ0n) is 83.6. The van der Waals surface area contributed by atoms with Crippen molar-refractivity contribution in [3.05, 3.63) is 166 Å². The summed E-state index contributed by atoms with van der Waals surface area (Å²) < 4.78 is 108. The fourth-order valence-electron chi connectivity index (χ4n) is 19.3. The number of piperazine rings is 1. The first-order valence-corrected chi connectivity index (χ1v) is 55.8. The first kappa shape index (κ1) is 109. The number of rotatable bonds is 32. The highest BCUT2D eigenvalue weighted by Crippen LogP contribution is 2.42. The molecule has 8 heterocycles. The molecule has 4 saturated heterocycles. The maximum atomic E-state index is 12.9. The van der Waals surface area contributed by atoms with Crippen LogP contribution in [-0.4, -0.2) is 263 Å². The molecular formula is C102H141N25O12S4. The second-order valence-corrected chi connectivity index (χ2v) is 49.2. The molecule has 4 aromatic heterocycles. The van der Waals surface area contributed by atoms with Gasteiger partial charge in [-0.2, -0.15) is 58.2 Å². The molecule has 0 amide bonds. The molecular weight excluding hydrogens is 1900 g/mol. The van der Waals surface area contributed by atoms with E-state index in [-0.39, 0.29) is 70.2 Å². The smallest absolute Gasteiger partial charge is 0.243 e. The van der Waals surface area contributed by atoms with Gasteiger partial charge in [0.05, 0.1) is 68.8 Å². The largest absolute Gasteiger partial charge is 0.393 e. The van der Waals surface area contributed by atoms with Crippen LogP contribution in [0.15, 0.2) is 141 Å². The molecule has 0 radical (unpaired) electrons. The molecule has 4 saturated carbocycles. The summed E-state index contributed by atoms with van der Waals surface area (Å²) >= 11 is 0. The lowest BCUT2D eigenvalue weighted by atomic mass is 9.73. The van der Waals surface area contributed by atoms with Crippen LogP contribution in [-0.2, 0) is 65.8 Å². The number of anilines is 8. The Morgan fingerprint density at radius 2 is 0.517 bits per heavy atom. The molecule has 770 valence electrons. The van der Waals surface area contributed by atoms with E-state index in [0.29, 0.717) is 219 Å². The quantitative estimate of drug-likeness (QED) is 0.0186. The number of benzene rings is 4. The molecule has 4 aliphatic heterocycles. The third-order valence-corrected chi connectivity index (χ3v) is 36.4. The van der Waals surface area contributed by atoms with Crippen LogP contribution in [0.5, 0.6) is 0 Å². The van der Waals surface area contributed by atoms with Crippen LogP contribution in [0.1, 0.15) is 222 Å². The van der Waals surface area contributed by atoms with Gasteiger partial charge >= 0.3 is 0 Å². The average molecular weight is 2040 g/mol. The number of nitrogens with zero attached hydrogens (tertiary/aromatic N) is 17. The predicted molar refractivity (Wildman–Crippen MR) is 551 cm³/mol. The van der Waals surface area contributed by atoms with E-state index in [9.17, 15) is 75.1 Å². The number of aromatic nitrogens is 8. The molecule has 8 atom stereocenters. The fraction of sp³-hybridized carbons (Fsp3) is 0.569. The molecule has 143 heavy (non-hydrogen) atoms. The second kappa shape index (κ2) is 48.8. The number of aliphatic hydroxyl groups is 4. The van der Waals surface area contributed by atoms with E-state index >= 15 is 0 Å². The Bertz CT molecular complexity index is 6070. The lowest BCUT2D eigenvalue weighted by Crippen LogP contribution is -2.46. The summed E-state index contributed by atoms with van der Waals surface area (Å²) in [7, 11) is -11.7. The standard InChI is InChI=1S/C26H37N7O3S.2C26H36N6O3S.C24H32N6O3S/c1-26(2)16-21(6-9-23(26)34)30-24-20(17-27)18-29-25(31-24)28-11-10-19-4-7-22(8-5-19)37(35,36)33-14-12-32(3)13-15-33;2*1-26(2)16-21(8-11-23(26)33)30-24-20(17-27)18-29-25(31-24)28-13-12-19-6-9-22(10-7-19)36(34,35)32-14-4-3-5-15-32;1-24(2)14-19(6-9-21(24)31)28-22-18(15-25)16-27-23(29-22)26-11-10-17-4-7-20(8-5-17)34(32,33)30-12-3-13-30/h4-5,7-8,18,21,23,34H,6,9-16H2,1-3H3,(H2,28,29,30,31);2*6-7,9-10,18,21,23,33H,3-5,8,11-16H2,1-2H3,(H2,28,29,30,31);4-5,7-8,16,19,21,31H,3,6,9-14H2,1-2H3,(H2,26,27,28,29)/t3*21-,23+;19-,21+/m1111/s1. The molecule has 37 nitrogen and oxygen atoms in total. The second-order valence-electron chi connectivity index (χ2n) is 41.5. The number of sulfonamides is 4. The molecule has 12 N–H and O–H groups in total. The molecule has 4 aromatic carbocycles. The Hall–Kier alpha value is -11.0. The number of hydrogen-bond acceptors (Lipinski definition) is 33. The first-order chi connectivity index (χ1) is 68.1. The Morgan fingerprint density at radius 3 is 0.713 bits per heavy atom. The number of nitriles is 4. The zero-order chi connectivity index (χ0) is 102. The van der Waals surface area contributed by atoms with Crippen molar-refractivity contribution in [3.63, 3.8) is 0 Å². The molecule has 16 rings (SSSR count). The van der Waals surface area contributed by atoms with Gasteiger partial charge in [-0.05, 0) is 234 Å². The molecule has 8 fully saturated rings. The van der Waals surface area contributed by atoms with E-state index in [2.05, 4.69) is 167 Å². The monoisotopic (exact) mass is 2040 g/mol. The van der Waals surface area contributed by atoms with Gasteiger partial charge in [0.1, 0.15) is 69.8 Å². The van der Waals surface area contributed by atoms with Crippen LogP contribution < -0.4 is 42.5 Å². The van der Waals surface area contributed by atoms with Gasteiger partial charge in [-0.1, -0.05) is 117 Å². The highest BCUT2D eigenvalue weighted by molar-refractivity contribution is 7.90. The van der Waals surface area contributed by atoms with Gasteiger partial charge in [0.15, 0.2) is 0 Å². The lowest BCUT2D eigenvalue weighted by Gasteiger charge is -2.40. The number of nitrogens with one attached hydrogen (secondary N) is 8. The van der Waals surface area contributed by atoms with Gasteiger partial charge in [-0.3, -0.25) is 0 Å². The van der Waals surface area contributed by atoms with Crippen molar-refractivity contribution in [3.8, 4) is 24.3 Å². The highest BCUT2D eigenvalue weighted by atomic mass is 32.2.